The summed E-state index contributed by atoms with van der Waals surface area (Å²) < 4.78 is 0. The van der Waals surface area contributed by atoms with Gasteiger partial charge < -0.3 is 10.2 Å². The summed E-state index contributed by atoms with van der Waals surface area (Å²) in [5.74, 6) is 3.57. The number of aliphatic hydroxyl groups is 2. The molecule has 0 aromatic carbocycles. The SMILES string of the molecule is CC1C(O)CCC(C2CCC(O)C(C)C2C)C1C. The van der Waals surface area contributed by atoms with Crippen molar-refractivity contribution in [3.63, 3.8) is 0 Å². The van der Waals surface area contributed by atoms with Gasteiger partial charge in [0, 0.05) is 0 Å². The van der Waals surface area contributed by atoms with Crippen molar-refractivity contribution in [1.82, 2.24) is 0 Å². The van der Waals surface area contributed by atoms with E-state index < -0.39 is 0 Å². The van der Waals surface area contributed by atoms with Crippen LogP contribution in [0.5, 0.6) is 0 Å². The molecule has 18 heavy (non-hydrogen) atoms. The Morgan fingerprint density at radius 1 is 0.556 bits per heavy atom. The van der Waals surface area contributed by atoms with Gasteiger partial charge in [-0.3, -0.25) is 0 Å². The molecule has 0 amide bonds. The highest BCUT2D eigenvalue weighted by atomic mass is 16.3. The van der Waals surface area contributed by atoms with Gasteiger partial charge in [-0.2, -0.15) is 0 Å². The Balaban J connectivity index is 2.07. The van der Waals surface area contributed by atoms with E-state index in [4.69, 9.17) is 0 Å². The van der Waals surface area contributed by atoms with Crippen molar-refractivity contribution in [3.8, 4) is 0 Å². The molecule has 0 aliphatic heterocycles. The first-order chi connectivity index (χ1) is 8.43. The van der Waals surface area contributed by atoms with E-state index in [1.165, 1.54) is 12.8 Å². The van der Waals surface area contributed by atoms with E-state index in [1.807, 2.05) is 0 Å². The average molecular weight is 254 g/mol. The van der Waals surface area contributed by atoms with Gasteiger partial charge in [0.05, 0.1) is 12.2 Å². The minimum Gasteiger partial charge on any atom is -0.393 e. The van der Waals surface area contributed by atoms with Crippen LogP contribution in [0.15, 0.2) is 0 Å². The molecule has 8 unspecified atom stereocenters. The fourth-order valence-corrected chi connectivity index (χ4v) is 4.47. The number of hydrogen-bond donors (Lipinski definition) is 2. The normalized spacial score (nSPS) is 54.3. The molecule has 0 bridgehead atoms. The molecule has 8 atom stereocenters. The highest BCUT2D eigenvalue weighted by Crippen LogP contribution is 2.47. The second-order valence-electron chi connectivity index (χ2n) is 7.05. The lowest BCUT2D eigenvalue weighted by Crippen LogP contribution is -2.44. The molecule has 2 rings (SSSR count). The lowest BCUT2D eigenvalue weighted by molar-refractivity contribution is -0.0510. The molecule has 2 nitrogen and oxygen atoms in total. The maximum Gasteiger partial charge on any atom is 0.0568 e. The van der Waals surface area contributed by atoms with Crippen molar-refractivity contribution >= 4 is 0 Å². The summed E-state index contributed by atoms with van der Waals surface area (Å²) in [4.78, 5) is 0. The van der Waals surface area contributed by atoms with Gasteiger partial charge >= 0.3 is 0 Å². The summed E-state index contributed by atoms with van der Waals surface area (Å²) in [5.41, 5.74) is 0. The standard InChI is InChI=1S/C16H30O2/c1-9-11(3)15(17)7-5-13(9)14-6-8-16(18)12(4)10(14)2/h9-18H,5-8H2,1-4H3. The minimum atomic E-state index is -0.0989. The molecule has 2 N–H and O–H groups in total. The average Bonchev–Trinajstić information content (AvgIpc) is 2.35. The summed E-state index contributed by atoms with van der Waals surface area (Å²) in [6.45, 7) is 9.04. The number of hydrogen-bond acceptors (Lipinski definition) is 2. The van der Waals surface area contributed by atoms with Crippen molar-refractivity contribution < 1.29 is 10.2 Å². The Hall–Kier alpha value is -0.0800. The lowest BCUT2D eigenvalue weighted by atomic mass is 9.59. The van der Waals surface area contributed by atoms with Gasteiger partial charge in [-0.1, -0.05) is 27.7 Å². The molecular weight excluding hydrogens is 224 g/mol. The van der Waals surface area contributed by atoms with Gasteiger partial charge in [-0.15, -0.1) is 0 Å². The predicted octanol–water partition coefficient (Wildman–Crippen LogP) is 3.07. The molecule has 0 radical (unpaired) electrons. The van der Waals surface area contributed by atoms with Crippen LogP contribution in [0, 0.1) is 35.5 Å². The zero-order valence-electron chi connectivity index (χ0n) is 12.3. The predicted molar refractivity (Wildman–Crippen MR) is 74.1 cm³/mol. The third kappa shape index (κ3) is 2.46. The van der Waals surface area contributed by atoms with Crippen molar-refractivity contribution in [3.05, 3.63) is 0 Å². The van der Waals surface area contributed by atoms with Gasteiger partial charge in [0.1, 0.15) is 0 Å². The van der Waals surface area contributed by atoms with E-state index in [1.54, 1.807) is 0 Å². The van der Waals surface area contributed by atoms with Gasteiger partial charge in [-0.25, -0.2) is 0 Å². The molecule has 2 aliphatic rings. The molecule has 2 fully saturated rings. The molecule has 0 heterocycles. The summed E-state index contributed by atoms with van der Waals surface area (Å²) in [6, 6.07) is 0. The third-order valence-corrected chi connectivity index (χ3v) is 6.36. The highest BCUT2D eigenvalue weighted by molar-refractivity contribution is 4.92. The molecule has 0 saturated heterocycles. The van der Waals surface area contributed by atoms with E-state index in [0.717, 1.165) is 24.7 Å². The van der Waals surface area contributed by atoms with Crippen LogP contribution >= 0.6 is 0 Å². The van der Waals surface area contributed by atoms with Crippen LogP contribution in [-0.4, -0.2) is 22.4 Å². The first-order valence-corrected chi connectivity index (χ1v) is 7.79. The van der Waals surface area contributed by atoms with Gasteiger partial charge in [-0.05, 0) is 61.2 Å². The van der Waals surface area contributed by atoms with Crippen LogP contribution < -0.4 is 0 Å². The van der Waals surface area contributed by atoms with E-state index in [0.29, 0.717) is 23.7 Å². The second-order valence-corrected chi connectivity index (χ2v) is 7.05. The molecule has 2 saturated carbocycles. The Morgan fingerprint density at radius 2 is 0.889 bits per heavy atom. The van der Waals surface area contributed by atoms with Crippen molar-refractivity contribution in [2.24, 2.45) is 35.5 Å². The zero-order chi connectivity index (χ0) is 13.4. The maximum atomic E-state index is 9.98. The smallest absolute Gasteiger partial charge is 0.0568 e. The Morgan fingerprint density at radius 3 is 1.22 bits per heavy atom. The second kappa shape index (κ2) is 5.50. The van der Waals surface area contributed by atoms with E-state index >= 15 is 0 Å². The van der Waals surface area contributed by atoms with Gasteiger partial charge in [0.15, 0.2) is 0 Å². The van der Waals surface area contributed by atoms with Crippen LogP contribution in [0.1, 0.15) is 53.4 Å². The maximum absolute atomic E-state index is 9.98. The molecular formula is C16H30O2. The van der Waals surface area contributed by atoms with Crippen LogP contribution in [0.2, 0.25) is 0 Å². The van der Waals surface area contributed by atoms with E-state index in [-0.39, 0.29) is 12.2 Å². The van der Waals surface area contributed by atoms with Crippen LogP contribution in [-0.2, 0) is 0 Å². The first-order valence-electron chi connectivity index (χ1n) is 7.79. The summed E-state index contributed by atoms with van der Waals surface area (Å²) in [6.07, 6.45) is 4.08. The monoisotopic (exact) mass is 254 g/mol. The van der Waals surface area contributed by atoms with Gasteiger partial charge in [0.2, 0.25) is 0 Å². The van der Waals surface area contributed by atoms with Crippen LogP contribution in [0.25, 0.3) is 0 Å². The molecule has 106 valence electrons. The fraction of sp³-hybridized carbons (Fsp3) is 1.00. The molecule has 2 aliphatic carbocycles. The van der Waals surface area contributed by atoms with Gasteiger partial charge in [0.25, 0.3) is 0 Å². The van der Waals surface area contributed by atoms with E-state index in [9.17, 15) is 10.2 Å². The summed E-state index contributed by atoms with van der Waals surface area (Å²) in [7, 11) is 0. The fourth-order valence-electron chi connectivity index (χ4n) is 4.47. The molecule has 0 spiro atoms. The van der Waals surface area contributed by atoms with Crippen LogP contribution in [0.4, 0.5) is 0 Å². The van der Waals surface area contributed by atoms with Crippen molar-refractivity contribution in [2.45, 2.75) is 65.6 Å². The summed E-state index contributed by atoms with van der Waals surface area (Å²) in [5, 5.41) is 20.0. The Labute approximate surface area is 112 Å². The minimum absolute atomic E-state index is 0.0989. The van der Waals surface area contributed by atoms with E-state index in [2.05, 4.69) is 27.7 Å². The molecule has 2 heteroatoms. The number of aliphatic hydroxyl groups excluding tert-OH is 2. The highest BCUT2D eigenvalue weighted by Gasteiger charge is 2.42. The van der Waals surface area contributed by atoms with Crippen LogP contribution in [0.3, 0.4) is 0 Å². The molecule has 0 aromatic heterocycles. The third-order valence-electron chi connectivity index (χ3n) is 6.36. The lowest BCUT2D eigenvalue weighted by Gasteiger charge is -2.47. The first kappa shape index (κ1) is 14.3. The molecule has 0 aromatic rings. The largest absolute Gasteiger partial charge is 0.393 e. The number of rotatable bonds is 1. The summed E-state index contributed by atoms with van der Waals surface area (Å²) >= 11 is 0. The topological polar surface area (TPSA) is 40.5 Å². The van der Waals surface area contributed by atoms with Crippen molar-refractivity contribution in [1.29, 1.82) is 0 Å². The zero-order valence-corrected chi connectivity index (χ0v) is 12.3. The quantitative estimate of drug-likeness (QED) is 0.755. The van der Waals surface area contributed by atoms with Crippen molar-refractivity contribution in [2.75, 3.05) is 0 Å². The Bertz CT molecular complexity index is 250. The Kier molecular flexibility index (Phi) is 4.38.